The van der Waals surface area contributed by atoms with Crippen molar-refractivity contribution in [1.29, 1.82) is 0 Å². The number of hydrogen-bond donors (Lipinski definition) is 0. The van der Waals surface area contributed by atoms with E-state index >= 15 is 0 Å². The van der Waals surface area contributed by atoms with E-state index in [0.29, 0.717) is 57.1 Å². The minimum atomic E-state index is -3.26. The van der Waals surface area contributed by atoms with Gasteiger partial charge in [-0.25, -0.2) is 0 Å². The highest BCUT2D eigenvalue weighted by molar-refractivity contribution is 6.75. The molecule has 9 heteroatoms. The minimum Gasteiger partial charge on any atom is -0.508 e. The quantitative estimate of drug-likeness (QED) is 0.373. The molecule has 0 radical (unpaired) electrons. The van der Waals surface area contributed by atoms with Gasteiger partial charge in [0.15, 0.2) is 46.0 Å². The number of hydrogen-bond acceptors (Lipinski definition) is 8. The molecule has 0 aromatic heterocycles. The van der Waals surface area contributed by atoms with Crippen molar-refractivity contribution in [1.82, 2.24) is 0 Å². The molecule has 37 heavy (non-hydrogen) atoms. The lowest BCUT2D eigenvalue weighted by atomic mass is 9.95. The maximum absolute atomic E-state index is 7.22. The molecular weight excluding hydrogens is 492 g/mol. The Morgan fingerprint density at radius 2 is 0.730 bits per heavy atom. The second-order valence-corrected chi connectivity index (χ2v) is 15.8. The first kappa shape index (κ1) is 28.6. The lowest BCUT2D eigenvalue weighted by Gasteiger charge is -2.47. The van der Waals surface area contributed by atoms with Crippen molar-refractivity contribution in [3.63, 3.8) is 0 Å². The second-order valence-electron chi connectivity index (χ2n) is 11.2. The molecule has 0 fully saturated rings. The van der Waals surface area contributed by atoms with Crippen LogP contribution in [0.15, 0.2) is 0 Å². The Bertz CT molecular complexity index is 1100. The number of rotatable bonds is 6. The van der Waals surface area contributed by atoms with Crippen LogP contribution < -0.4 is 37.3 Å². The molecule has 1 heterocycles. The van der Waals surface area contributed by atoms with Crippen molar-refractivity contribution in [2.45, 2.75) is 65.5 Å². The zero-order chi connectivity index (χ0) is 28.1. The highest BCUT2D eigenvalue weighted by Crippen LogP contribution is 2.66. The van der Waals surface area contributed by atoms with Crippen molar-refractivity contribution in [3.05, 3.63) is 11.1 Å². The minimum absolute atomic E-state index is 0.387. The molecule has 0 spiro atoms. The molecule has 0 saturated heterocycles. The average molecular weight is 535 g/mol. The summed E-state index contributed by atoms with van der Waals surface area (Å²) in [6.45, 7) is 16.7. The molecule has 1 aliphatic rings. The van der Waals surface area contributed by atoms with Crippen LogP contribution in [0, 0.1) is 13.8 Å². The van der Waals surface area contributed by atoms with Gasteiger partial charge in [0, 0.05) is 21.2 Å². The Labute approximate surface area is 222 Å². The lowest BCUT2D eigenvalue weighted by molar-refractivity contribution is 0.278. The zero-order valence-electron chi connectivity index (χ0n) is 24.8. The summed E-state index contributed by atoms with van der Waals surface area (Å²) in [5.41, 5.74) is 2.68. The van der Waals surface area contributed by atoms with Gasteiger partial charge in [-0.3, -0.25) is 0 Å². The van der Waals surface area contributed by atoms with Crippen molar-refractivity contribution in [2.75, 3.05) is 42.7 Å². The fraction of sp³-hybridized carbons (Fsp3) is 0.571. The first-order valence-electron chi connectivity index (χ1n) is 12.2. The van der Waals surface area contributed by atoms with Crippen LogP contribution in [0.25, 0.3) is 11.1 Å². The van der Waals surface area contributed by atoms with Crippen LogP contribution in [0.5, 0.6) is 46.0 Å². The monoisotopic (exact) mass is 534 g/mol. The van der Waals surface area contributed by atoms with E-state index in [-0.39, 0.29) is 10.1 Å². The third-order valence-corrected chi connectivity index (χ3v) is 12.0. The number of benzene rings is 2. The topological polar surface area (TPSA) is 73.8 Å². The Morgan fingerprint density at radius 1 is 0.459 bits per heavy atom. The summed E-state index contributed by atoms with van der Waals surface area (Å²) in [6, 6.07) is 0. The van der Waals surface area contributed by atoms with Crippen LogP contribution in [-0.2, 0) is 0 Å². The van der Waals surface area contributed by atoms with Gasteiger partial charge in [-0.1, -0.05) is 41.5 Å². The zero-order valence-corrected chi connectivity index (χ0v) is 25.8. The molecule has 0 atom stereocenters. The van der Waals surface area contributed by atoms with Crippen LogP contribution in [0.2, 0.25) is 10.1 Å². The summed E-state index contributed by atoms with van der Waals surface area (Å²) in [5, 5.41) is -0.773. The molecule has 0 aliphatic carbocycles. The van der Waals surface area contributed by atoms with E-state index in [1.54, 1.807) is 42.7 Å². The molecule has 3 rings (SSSR count). The molecule has 0 N–H and O–H groups in total. The van der Waals surface area contributed by atoms with Crippen LogP contribution >= 0.6 is 0 Å². The number of ether oxygens (including phenoxy) is 6. The van der Waals surface area contributed by atoms with Crippen molar-refractivity contribution in [2.24, 2.45) is 0 Å². The third-order valence-electron chi connectivity index (χ3n) is 7.04. The lowest BCUT2D eigenvalue weighted by Crippen LogP contribution is -2.62. The van der Waals surface area contributed by atoms with Gasteiger partial charge in [0.1, 0.15) is 0 Å². The largest absolute Gasteiger partial charge is 0.508 e. The van der Waals surface area contributed by atoms with E-state index in [0.717, 1.165) is 11.1 Å². The van der Waals surface area contributed by atoms with Crippen LogP contribution in [-0.4, -0.2) is 51.2 Å². The predicted octanol–water partition coefficient (Wildman–Crippen LogP) is 6.84. The SMILES string of the molecule is COc1c(C)c(OC)c2c(c1OC)-c1c(OC)c(OC)c(C)c(OC)c1O[Si](C(C)(C)C)(C(C)(C)C)O2. The van der Waals surface area contributed by atoms with Gasteiger partial charge in [0.2, 0.25) is 0 Å². The van der Waals surface area contributed by atoms with E-state index in [9.17, 15) is 0 Å². The van der Waals surface area contributed by atoms with Crippen LogP contribution in [0.1, 0.15) is 52.7 Å². The van der Waals surface area contributed by atoms with Crippen molar-refractivity contribution < 1.29 is 37.3 Å². The molecular formula is C28H42O8Si. The van der Waals surface area contributed by atoms with Crippen molar-refractivity contribution in [3.8, 4) is 57.1 Å². The summed E-state index contributed by atoms with van der Waals surface area (Å²) in [5.74, 6) is 4.09. The predicted molar refractivity (Wildman–Crippen MR) is 147 cm³/mol. The highest BCUT2D eigenvalue weighted by Gasteiger charge is 2.64. The summed E-state index contributed by atoms with van der Waals surface area (Å²) in [7, 11) is 6.38. The molecule has 8 nitrogen and oxygen atoms in total. The van der Waals surface area contributed by atoms with E-state index in [2.05, 4.69) is 41.5 Å². The second kappa shape index (κ2) is 9.74. The summed E-state index contributed by atoms with van der Waals surface area (Å²) < 4.78 is 50.1. The Hall–Kier alpha value is -2.94. The van der Waals surface area contributed by atoms with Gasteiger partial charge in [0.05, 0.1) is 53.8 Å². The molecule has 0 unspecified atom stereocenters. The standard InChI is InChI=1S/C28H42O8Si/c1-15-19(29-9)23(33-13)17-18-24(34-14)20(30-10)16(2)22(32-12)26(18)36-37(27(3,4)5,28(6,7)8)35-25(17)21(15)31-11/h1-14H3. The van der Waals surface area contributed by atoms with E-state index < -0.39 is 8.56 Å². The molecule has 2 aromatic carbocycles. The first-order valence-corrected chi connectivity index (χ1v) is 14.1. The first-order chi connectivity index (χ1) is 17.2. The van der Waals surface area contributed by atoms with Gasteiger partial charge in [-0.2, -0.15) is 0 Å². The fourth-order valence-electron chi connectivity index (χ4n) is 5.61. The van der Waals surface area contributed by atoms with Crippen LogP contribution in [0.3, 0.4) is 0 Å². The Balaban J connectivity index is 2.80. The third kappa shape index (κ3) is 4.02. The van der Waals surface area contributed by atoms with E-state index in [1.165, 1.54) is 0 Å². The Morgan fingerprint density at radius 3 is 0.946 bits per heavy atom. The maximum atomic E-state index is 7.22. The maximum Gasteiger partial charge on any atom is 0.471 e. The van der Waals surface area contributed by atoms with Gasteiger partial charge in [0.25, 0.3) is 0 Å². The van der Waals surface area contributed by atoms with Gasteiger partial charge in [-0.05, 0) is 13.8 Å². The van der Waals surface area contributed by atoms with Gasteiger partial charge in [-0.15, -0.1) is 0 Å². The van der Waals surface area contributed by atoms with Gasteiger partial charge < -0.3 is 37.3 Å². The number of fused-ring (bicyclic) bond motifs is 3. The molecule has 206 valence electrons. The Kier molecular flexibility index (Phi) is 7.54. The molecule has 1 aliphatic heterocycles. The number of methoxy groups -OCH3 is 6. The average Bonchev–Trinajstić information content (AvgIpc) is 2.98. The molecule has 0 amide bonds. The van der Waals surface area contributed by atoms with Crippen LogP contribution in [0.4, 0.5) is 0 Å². The molecule has 2 aromatic rings. The molecule has 0 saturated carbocycles. The normalized spacial score (nSPS) is 14.3. The van der Waals surface area contributed by atoms with E-state index in [4.69, 9.17) is 37.3 Å². The van der Waals surface area contributed by atoms with Gasteiger partial charge >= 0.3 is 8.56 Å². The summed E-state index contributed by atoms with van der Waals surface area (Å²) in [4.78, 5) is 0. The summed E-state index contributed by atoms with van der Waals surface area (Å²) >= 11 is 0. The smallest absolute Gasteiger partial charge is 0.471 e. The summed E-state index contributed by atoms with van der Waals surface area (Å²) in [6.07, 6.45) is 0. The van der Waals surface area contributed by atoms with E-state index in [1.807, 2.05) is 13.8 Å². The van der Waals surface area contributed by atoms with Crippen molar-refractivity contribution >= 4 is 8.56 Å². The highest BCUT2D eigenvalue weighted by atomic mass is 28.4. The fourth-order valence-corrected chi connectivity index (χ4v) is 10.1. The molecule has 0 bridgehead atoms.